The van der Waals surface area contributed by atoms with Gasteiger partial charge in [-0.25, -0.2) is 4.68 Å². The number of fused-ring (bicyclic) bond motifs is 1. The van der Waals surface area contributed by atoms with E-state index < -0.39 is 0 Å². The van der Waals surface area contributed by atoms with Crippen LogP contribution in [0.2, 0.25) is 0 Å². The molecule has 0 radical (unpaired) electrons. The van der Waals surface area contributed by atoms with E-state index >= 15 is 0 Å². The van der Waals surface area contributed by atoms with E-state index in [-0.39, 0.29) is 23.1 Å². The molecule has 1 atom stereocenters. The van der Waals surface area contributed by atoms with Crippen LogP contribution in [-0.4, -0.2) is 42.7 Å². The standard InChI is InChI=1S/C26H38N6O2/c1-7-34-21-12-13-22-18(15-21)14-19(25(33)27-22)16-31(20-10-8-9-11-20)23(17(2)3)24-28-29-30-32(24)26(4,5)6/h12-15,17,20,23H,7-11,16H2,1-6H3,(H,27,33). The normalized spacial score (nSPS) is 16.1. The molecule has 34 heavy (non-hydrogen) atoms. The highest BCUT2D eigenvalue weighted by atomic mass is 16.5. The highest BCUT2D eigenvalue weighted by Crippen LogP contribution is 2.37. The summed E-state index contributed by atoms with van der Waals surface area (Å²) in [6, 6.07) is 8.22. The van der Waals surface area contributed by atoms with Crippen LogP contribution in [0.25, 0.3) is 10.9 Å². The number of aromatic nitrogens is 5. The lowest BCUT2D eigenvalue weighted by molar-refractivity contribution is 0.0802. The molecule has 1 aromatic carbocycles. The van der Waals surface area contributed by atoms with Crippen molar-refractivity contribution in [1.82, 2.24) is 30.1 Å². The molecular weight excluding hydrogens is 428 g/mol. The Labute approximate surface area is 201 Å². The van der Waals surface area contributed by atoms with E-state index in [1.165, 1.54) is 12.8 Å². The van der Waals surface area contributed by atoms with Gasteiger partial charge in [0.2, 0.25) is 0 Å². The van der Waals surface area contributed by atoms with Crippen molar-refractivity contribution >= 4 is 10.9 Å². The van der Waals surface area contributed by atoms with Crippen molar-refractivity contribution < 1.29 is 4.74 Å². The number of pyridine rings is 1. The molecule has 0 aliphatic heterocycles. The lowest BCUT2D eigenvalue weighted by atomic mass is 9.96. The van der Waals surface area contributed by atoms with Gasteiger partial charge in [0, 0.05) is 29.1 Å². The van der Waals surface area contributed by atoms with Crippen LogP contribution >= 0.6 is 0 Å². The molecule has 0 bridgehead atoms. The zero-order chi connectivity index (χ0) is 24.5. The molecule has 2 heterocycles. The van der Waals surface area contributed by atoms with Crippen LogP contribution in [0.3, 0.4) is 0 Å². The van der Waals surface area contributed by atoms with Gasteiger partial charge in [0.25, 0.3) is 5.56 Å². The Morgan fingerprint density at radius 3 is 2.59 bits per heavy atom. The van der Waals surface area contributed by atoms with Gasteiger partial charge < -0.3 is 9.72 Å². The molecule has 184 valence electrons. The zero-order valence-corrected chi connectivity index (χ0v) is 21.3. The molecule has 0 spiro atoms. The number of tetrazole rings is 1. The molecule has 1 fully saturated rings. The first-order valence-electron chi connectivity index (χ1n) is 12.5. The predicted octanol–water partition coefficient (Wildman–Crippen LogP) is 4.81. The Morgan fingerprint density at radius 2 is 1.94 bits per heavy atom. The van der Waals surface area contributed by atoms with Crippen molar-refractivity contribution in [2.75, 3.05) is 6.61 Å². The van der Waals surface area contributed by atoms with Crippen molar-refractivity contribution in [3.05, 3.63) is 46.0 Å². The summed E-state index contributed by atoms with van der Waals surface area (Å²) >= 11 is 0. The fourth-order valence-electron chi connectivity index (χ4n) is 5.18. The van der Waals surface area contributed by atoms with Crippen LogP contribution in [0.1, 0.15) is 84.7 Å². The molecule has 1 aliphatic carbocycles. The molecule has 3 aromatic rings. The average Bonchev–Trinajstić information content (AvgIpc) is 3.46. The van der Waals surface area contributed by atoms with Crippen molar-refractivity contribution in [2.24, 2.45) is 5.92 Å². The Hall–Kier alpha value is -2.74. The fraction of sp³-hybridized carbons (Fsp3) is 0.615. The summed E-state index contributed by atoms with van der Waals surface area (Å²) in [5, 5.41) is 13.9. The van der Waals surface area contributed by atoms with Gasteiger partial charge in [-0.3, -0.25) is 9.69 Å². The number of ether oxygens (including phenoxy) is 1. The van der Waals surface area contributed by atoms with Crippen molar-refractivity contribution in [3.63, 3.8) is 0 Å². The van der Waals surface area contributed by atoms with Gasteiger partial charge in [-0.05, 0) is 81.1 Å². The SMILES string of the molecule is CCOc1ccc2[nH]c(=O)c(CN(C3CCCC3)C(c3nnnn3C(C)(C)C)C(C)C)cc2c1. The highest BCUT2D eigenvalue weighted by molar-refractivity contribution is 5.80. The summed E-state index contributed by atoms with van der Waals surface area (Å²) in [6.07, 6.45) is 4.67. The van der Waals surface area contributed by atoms with Gasteiger partial charge in [-0.1, -0.05) is 26.7 Å². The molecule has 1 saturated carbocycles. The van der Waals surface area contributed by atoms with Crippen LogP contribution in [0.4, 0.5) is 0 Å². The molecule has 0 amide bonds. The third-order valence-corrected chi connectivity index (χ3v) is 6.73. The van der Waals surface area contributed by atoms with E-state index in [0.29, 0.717) is 19.2 Å². The van der Waals surface area contributed by atoms with E-state index in [2.05, 4.69) is 60.0 Å². The monoisotopic (exact) mass is 466 g/mol. The first kappa shape index (κ1) is 24.4. The number of benzene rings is 1. The fourth-order valence-corrected chi connectivity index (χ4v) is 5.18. The Morgan fingerprint density at radius 1 is 1.21 bits per heavy atom. The first-order chi connectivity index (χ1) is 16.2. The number of aromatic amines is 1. The molecule has 1 unspecified atom stereocenters. The van der Waals surface area contributed by atoms with Crippen LogP contribution in [0, 0.1) is 5.92 Å². The third-order valence-electron chi connectivity index (χ3n) is 6.73. The van der Waals surface area contributed by atoms with Gasteiger partial charge in [-0.15, -0.1) is 5.10 Å². The quantitative estimate of drug-likeness (QED) is 0.512. The highest BCUT2D eigenvalue weighted by Gasteiger charge is 2.37. The van der Waals surface area contributed by atoms with Crippen molar-refractivity contribution in [1.29, 1.82) is 0 Å². The van der Waals surface area contributed by atoms with Crippen LogP contribution in [0.15, 0.2) is 29.1 Å². The van der Waals surface area contributed by atoms with Crippen LogP contribution in [0.5, 0.6) is 5.75 Å². The van der Waals surface area contributed by atoms with Gasteiger partial charge in [0.05, 0.1) is 18.2 Å². The Kier molecular flexibility index (Phi) is 7.07. The number of nitrogens with zero attached hydrogens (tertiary/aromatic N) is 5. The van der Waals surface area contributed by atoms with E-state index in [9.17, 15) is 4.79 Å². The summed E-state index contributed by atoms with van der Waals surface area (Å²) in [7, 11) is 0. The van der Waals surface area contributed by atoms with Crippen LogP contribution in [-0.2, 0) is 12.1 Å². The summed E-state index contributed by atoms with van der Waals surface area (Å²) in [6.45, 7) is 13.9. The van der Waals surface area contributed by atoms with E-state index in [1.807, 2.05) is 35.9 Å². The van der Waals surface area contributed by atoms with Gasteiger partial charge in [0.1, 0.15) is 5.75 Å². The Bertz CT molecular complexity index is 1170. The summed E-state index contributed by atoms with van der Waals surface area (Å²) in [5.74, 6) is 1.95. The first-order valence-corrected chi connectivity index (χ1v) is 12.5. The van der Waals surface area contributed by atoms with E-state index in [0.717, 1.165) is 40.9 Å². The number of hydrogen-bond donors (Lipinski definition) is 1. The smallest absolute Gasteiger partial charge is 0.252 e. The largest absolute Gasteiger partial charge is 0.494 e. The maximum Gasteiger partial charge on any atom is 0.252 e. The maximum absolute atomic E-state index is 13.1. The number of rotatable bonds is 8. The summed E-state index contributed by atoms with van der Waals surface area (Å²) < 4.78 is 7.63. The molecule has 4 rings (SSSR count). The van der Waals surface area contributed by atoms with Crippen molar-refractivity contribution in [2.45, 2.75) is 91.4 Å². The van der Waals surface area contributed by atoms with Gasteiger partial charge >= 0.3 is 0 Å². The maximum atomic E-state index is 13.1. The number of nitrogens with one attached hydrogen (secondary N) is 1. The number of H-pyrrole nitrogens is 1. The molecule has 1 N–H and O–H groups in total. The predicted molar refractivity (Wildman–Crippen MR) is 134 cm³/mol. The average molecular weight is 467 g/mol. The van der Waals surface area contributed by atoms with Gasteiger partial charge in [-0.2, -0.15) is 0 Å². The Balaban J connectivity index is 1.77. The minimum absolute atomic E-state index is 0.00202. The van der Waals surface area contributed by atoms with Crippen molar-refractivity contribution in [3.8, 4) is 5.75 Å². The minimum Gasteiger partial charge on any atom is -0.494 e. The minimum atomic E-state index is -0.233. The van der Waals surface area contributed by atoms with E-state index in [4.69, 9.17) is 4.74 Å². The lowest BCUT2D eigenvalue weighted by Gasteiger charge is -2.39. The second-order valence-corrected chi connectivity index (χ2v) is 10.7. The number of hydrogen-bond acceptors (Lipinski definition) is 6. The van der Waals surface area contributed by atoms with E-state index in [1.54, 1.807) is 0 Å². The molecule has 8 heteroatoms. The summed E-state index contributed by atoms with van der Waals surface area (Å²) in [5.41, 5.74) is 1.30. The third kappa shape index (κ3) is 5.02. The zero-order valence-electron chi connectivity index (χ0n) is 21.3. The topological polar surface area (TPSA) is 88.9 Å². The second-order valence-electron chi connectivity index (χ2n) is 10.7. The molecular formula is C26H38N6O2. The summed E-state index contributed by atoms with van der Waals surface area (Å²) in [4.78, 5) is 18.7. The molecule has 2 aromatic heterocycles. The van der Waals surface area contributed by atoms with Crippen LogP contribution < -0.4 is 10.3 Å². The second kappa shape index (κ2) is 9.86. The molecule has 0 saturated heterocycles. The van der Waals surface area contributed by atoms with Gasteiger partial charge in [0.15, 0.2) is 5.82 Å². The molecule has 1 aliphatic rings. The molecule has 8 nitrogen and oxygen atoms in total. The lowest BCUT2D eigenvalue weighted by Crippen LogP contribution is -2.42.